The van der Waals surface area contributed by atoms with E-state index < -0.39 is 5.97 Å². The van der Waals surface area contributed by atoms with E-state index in [1.807, 2.05) is 0 Å². The molecule has 62 valence electrons. The molecule has 2 nitrogen and oxygen atoms in total. The summed E-state index contributed by atoms with van der Waals surface area (Å²) in [7, 11) is 0. The Labute approximate surface area is 75.4 Å². The normalized spacial score (nSPS) is 9.08. The molecule has 3 heteroatoms. The van der Waals surface area contributed by atoms with Gasteiger partial charge in [0.15, 0.2) is 0 Å². The summed E-state index contributed by atoms with van der Waals surface area (Å²) < 4.78 is 4.80. The highest BCUT2D eigenvalue weighted by atomic mass is 35.5. The summed E-state index contributed by atoms with van der Waals surface area (Å²) in [6.07, 6.45) is 1.11. The second-order valence-electron chi connectivity index (χ2n) is 2.08. The molecular formula is C9H7ClO2. The van der Waals surface area contributed by atoms with E-state index in [4.69, 9.17) is 16.3 Å². The third kappa shape index (κ3) is 2.40. The van der Waals surface area contributed by atoms with Crippen LogP contribution in [0, 0.1) is 0 Å². The van der Waals surface area contributed by atoms with Gasteiger partial charge in [-0.1, -0.05) is 18.2 Å². The average Bonchev–Trinajstić information content (AvgIpc) is 2.09. The average molecular weight is 183 g/mol. The largest absolute Gasteiger partial charge is 0.423 e. The lowest BCUT2D eigenvalue weighted by Crippen LogP contribution is -2.02. The van der Waals surface area contributed by atoms with Gasteiger partial charge in [-0.05, 0) is 24.3 Å². The van der Waals surface area contributed by atoms with Crippen molar-refractivity contribution in [2.45, 2.75) is 0 Å². The zero-order chi connectivity index (χ0) is 8.97. The van der Waals surface area contributed by atoms with Gasteiger partial charge in [0.1, 0.15) is 5.75 Å². The molecule has 0 radical (unpaired) electrons. The minimum Gasteiger partial charge on any atom is -0.423 e. The van der Waals surface area contributed by atoms with Crippen molar-refractivity contribution < 1.29 is 9.53 Å². The van der Waals surface area contributed by atoms with Crippen LogP contribution in [0.4, 0.5) is 0 Å². The van der Waals surface area contributed by atoms with Crippen LogP contribution >= 0.6 is 11.6 Å². The molecule has 0 aliphatic heterocycles. The Morgan fingerprint density at radius 3 is 2.50 bits per heavy atom. The minimum atomic E-state index is -0.475. The summed E-state index contributed by atoms with van der Waals surface area (Å²) in [5, 5.41) is 0.605. The first-order chi connectivity index (χ1) is 5.72. The summed E-state index contributed by atoms with van der Waals surface area (Å²) in [4.78, 5) is 10.7. The van der Waals surface area contributed by atoms with Crippen molar-refractivity contribution in [1.82, 2.24) is 0 Å². The molecule has 0 saturated heterocycles. The molecule has 0 amide bonds. The van der Waals surface area contributed by atoms with E-state index in [-0.39, 0.29) is 0 Å². The first-order valence-corrected chi connectivity index (χ1v) is 3.70. The summed E-state index contributed by atoms with van der Waals surface area (Å²) in [5.41, 5.74) is 0. The molecule has 0 saturated carbocycles. The first kappa shape index (κ1) is 8.81. The summed E-state index contributed by atoms with van der Waals surface area (Å²) in [6.45, 7) is 3.27. The molecule has 0 N–H and O–H groups in total. The van der Waals surface area contributed by atoms with Gasteiger partial charge in [0.2, 0.25) is 0 Å². The molecule has 12 heavy (non-hydrogen) atoms. The smallest absolute Gasteiger partial charge is 0.335 e. The van der Waals surface area contributed by atoms with Crippen molar-refractivity contribution in [1.29, 1.82) is 0 Å². The topological polar surface area (TPSA) is 26.3 Å². The predicted molar refractivity (Wildman–Crippen MR) is 47.3 cm³/mol. The second kappa shape index (κ2) is 3.93. The van der Waals surface area contributed by atoms with Gasteiger partial charge in [-0.2, -0.15) is 0 Å². The van der Waals surface area contributed by atoms with Crippen LogP contribution in [0.5, 0.6) is 5.75 Å². The molecule has 0 aromatic heterocycles. The molecule has 0 fully saturated rings. The maximum Gasteiger partial charge on any atom is 0.335 e. The molecule has 0 heterocycles. The number of hydrogen-bond acceptors (Lipinski definition) is 2. The maximum atomic E-state index is 10.7. The number of esters is 1. The van der Waals surface area contributed by atoms with Gasteiger partial charge in [0.05, 0.1) is 0 Å². The van der Waals surface area contributed by atoms with E-state index in [1.54, 1.807) is 24.3 Å². The number of carbonyl (C=O) groups excluding carboxylic acids is 1. The highest BCUT2D eigenvalue weighted by Crippen LogP contribution is 2.15. The lowest BCUT2D eigenvalue weighted by atomic mass is 10.3. The highest BCUT2D eigenvalue weighted by molar-refractivity contribution is 6.30. The van der Waals surface area contributed by atoms with Gasteiger partial charge in [0, 0.05) is 11.1 Å². The third-order valence-corrected chi connectivity index (χ3v) is 1.45. The number of benzene rings is 1. The van der Waals surface area contributed by atoms with Crippen molar-refractivity contribution in [3.8, 4) is 5.75 Å². The van der Waals surface area contributed by atoms with Crippen molar-refractivity contribution in [2.75, 3.05) is 0 Å². The quantitative estimate of drug-likeness (QED) is 0.399. The Balaban J connectivity index is 2.71. The van der Waals surface area contributed by atoms with Gasteiger partial charge in [-0.15, -0.1) is 0 Å². The van der Waals surface area contributed by atoms with Gasteiger partial charge >= 0.3 is 5.97 Å². The van der Waals surface area contributed by atoms with E-state index in [0.717, 1.165) is 6.08 Å². The van der Waals surface area contributed by atoms with Gasteiger partial charge in [0.25, 0.3) is 0 Å². The van der Waals surface area contributed by atoms with Gasteiger partial charge in [-0.25, -0.2) is 4.79 Å². The van der Waals surface area contributed by atoms with Crippen LogP contribution in [0.25, 0.3) is 0 Å². The highest BCUT2D eigenvalue weighted by Gasteiger charge is 1.97. The third-order valence-electron chi connectivity index (χ3n) is 1.20. The molecule has 0 aliphatic carbocycles. The lowest BCUT2D eigenvalue weighted by molar-refractivity contribution is -0.128. The zero-order valence-electron chi connectivity index (χ0n) is 6.29. The second-order valence-corrected chi connectivity index (χ2v) is 2.52. The predicted octanol–water partition coefficient (Wildman–Crippen LogP) is 2.43. The molecule has 1 aromatic carbocycles. The molecule has 1 rings (SSSR count). The van der Waals surface area contributed by atoms with E-state index in [0.29, 0.717) is 10.8 Å². The molecule has 1 aromatic rings. The van der Waals surface area contributed by atoms with Crippen LogP contribution < -0.4 is 4.74 Å². The number of rotatable bonds is 2. The van der Waals surface area contributed by atoms with Crippen molar-refractivity contribution in [3.63, 3.8) is 0 Å². The fraction of sp³-hybridized carbons (Fsp3) is 0. The van der Waals surface area contributed by atoms with Crippen molar-refractivity contribution in [2.24, 2.45) is 0 Å². The Morgan fingerprint density at radius 2 is 2.00 bits per heavy atom. The number of ether oxygens (including phenoxy) is 1. The molecular weight excluding hydrogens is 176 g/mol. The van der Waals surface area contributed by atoms with Crippen LogP contribution in [0.15, 0.2) is 36.9 Å². The van der Waals surface area contributed by atoms with Crippen molar-refractivity contribution >= 4 is 17.6 Å². The molecule has 0 spiro atoms. The fourth-order valence-corrected chi connectivity index (χ4v) is 0.786. The summed E-state index contributed by atoms with van der Waals surface area (Å²) in [5.74, 6) is -0.0124. The monoisotopic (exact) mass is 182 g/mol. The number of halogens is 1. The molecule has 0 aliphatic rings. The van der Waals surface area contributed by atoms with E-state index in [1.165, 1.54) is 0 Å². The molecule has 0 bridgehead atoms. The van der Waals surface area contributed by atoms with E-state index >= 15 is 0 Å². The molecule has 0 atom stereocenters. The summed E-state index contributed by atoms with van der Waals surface area (Å²) >= 11 is 5.62. The van der Waals surface area contributed by atoms with Crippen LogP contribution in [-0.2, 0) is 4.79 Å². The zero-order valence-corrected chi connectivity index (χ0v) is 7.04. The van der Waals surface area contributed by atoms with Crippen LogP contribution in [0.1, 0.15) is 0 Å². The van der Waals surface area contributed by atoms with Gasteiger partial charge < -0.3 is 4.74 Å². The Kier molecular flexibility index (Phi) is 2.88. The minimum absolute atomic E-state index is 0.462. The lowest BCUT2D eigenvalue weighted by Gasteiger charge is -1.99. The van der Waals surface area contributed by atoms with Crippen molar-refractivity contribution in [3.05, 3.63) is 41.9 Å². The van der Waals surface area contributed by atoms with Crippen LogP contribution in [0.2, 0.25) is 5.02 Å². The SMILES string of the molecule is C=CC(=O)Oc1ccc(Cl)cc1. The Hall–Kier alpha value is -1.28. The maximum absolute atomic E-state index is 10.7. The van der Waals surface area contributed by atoms with E-state index in [9.17, 15) is 4.79 Å². The molecule has 0 unspecified atom stereocenters. The summed E-state index contributed by atoms with van der Waals surface area (Å²) in [6, 6.07) is 6.52. The van der Waals surface area contributed by atoms with Crippen LogP contribution in [0.3, 0.4) is 0 Å². The standard InChI is InChI=1S/C9H7ClO2/c1-2-9(11)12-8-5-3-7(10)4-6-8/h2-6H,1H2. The first-order valence-electron chi connectivity index (χ1n) is 3.32. The Bertz CT molecular complexity index is 290. The Morgan fingerprint density at radius 1 is 1.42 bits per heavy atom. The number of hydrogen-bond donors (Lipinski definition) is 0. The number of carbonyl (C=O) groups is 1. The fourth-order valence-electron chi connectivity index (χ4n) is 0.660. The van der Waals surface area contributed by atoms with Crippen LogP contribution in [-0.4, -0.2) is 5.97 Å². The van der Waals surface area contributed by atoms with E-state index in [2.05, 4.69) is 6.58 Å². The van der Waals surface area contributed by atoms with Gasteiger partial charge in [-0.3, -0.25) is 0 Å².